The number of piperazine rings is 1. The smallest absolute Gasteiger partial charge is 0.115 e. The molecule has 0 aromatic heterocycles. The van der Waals surface area contributed by atoms with Crippen LogP contribution in [0.25, 0.3) is 0 Å². The van der Waals surface area contributed by atoms with Gasteiger partial charge in [-0.1, -0.05) is 65.0 Å². The van der Waals surface area contributed by atoms with Gasteiger partial charge in [0.15, 0.2) is 0 Å². The number of aryl methyl sites for hydroxylation is 1. The van der Waals surface area contributed by atoms with E-state index in [9.17, 15) is 10.2 Å². The van der Waals surface area contributed by atoms with Crippen molar-refractivity contribution in [3.8, 4) is 5.75 Å². The van der Waals surface area contributed by atoms with Crippen molar-refractivity contribution in [2.45, 2.75) is 52.7 Å². The lowest BCUT2D eigenvalue weighted by Crippen LogP contribution is -2.79. The van der Waals surface area contributed by atoms with Crippen LogP contribution in [0.4, 0.5) is 5.69 Å². The van der Waals surface area contributed by atoms with E-state index in [2.05, 4.69) is 68.7 Å². The standard InChI is InChI=1S/C26H36N2O2/c1-6-19-9-7-8-10-22(19)27-15-17-28(18-16-27)23-24(2,3)26(30,25(23,4)5)20-11-13-21(29)14-12-20/h7-14,23,29-30H,6,15-18H2,1-5H3. The minimum Gasteiger partial charge on any atom is -0.508 e. The van der Waals surface area contributed by atoms with Gasteiger partial charge in [-0.25, -0.2) is 0 Å². The van der Waals surface area contributed by atoms with Gasteiger partial charge >= 0.3 is 0 Å². The Morgan fingerprint density at radius 1 is 0.867 bits per heavy atom. The van der Waals surface area contributed by atoms with Gasteiger partial charge in [-0.2, -0.15) is 0 Å². The Morgan fingerprint density at radius 3 is 2.00 bits per heavy atom. The Hall–Kier alpha value is -2.04. The van der Waals surface area contributed by atoms with Crippen molar-refractivity contribution < 1.29 is 10.2 Å². The quantitative estimate of drug-likeness (QED) is 0.787. The summed E-state index contributed by atoms with van der Waals surface area (Å²) in [4.78, 5) is 5.10. The molecule has 162 valence electrons. The number of nitrogens with zero attached hydrogens (tertiary/aromatic N) is 2. The highest BCUT2D eigenvalue weighted by Crippen LogP contribution is 2.68. The molecule has 2 aromatic carbocycles. The Morgan fingerprint density at radius 2 is 1.43 bits per heavy atom. The summed E-state index contributed by atoms with van der Waals surface area (Å²) < 4.78 is 0. The van der Waals surface area contributed by atoms with E-state index in [1.807, 2.05) is 12.1 Å². The first-order chi connectivity index (χ1) is 14.1. The van der Waals surface area contributed by atoms with Gasteiger partial charge < -0.3 is 15.1 Å². The van der Waals surface area contributed by atoms with Gasteiger partial charge in [0.25, 0.3) is 0 Å². The molecule has 1 saturated carbocycles. The van der Waals surface area contributed by atoms with Gasteiger partial charge in [0, 0.05) is 48.7 Å². The minimum atomic E-state index is -0.940. The topological polar surface area (TPSA) is 46.9 Å². The van der Waals surface area contributed by atoms with Crippen molar-refractivity contribution in [3.63, 3.8) is 0 Å². The van der Waals surface area contributed by atoms with Gasteiger partial charge in [0.05, 0.1) is 0 Å². The van der Waals surface area contributed by atoms with E-state index < -0.39 is 5.60 Å². The first-order valence-electron chi connectivity index (χ1n) is 11.2. The summed E-state index contributed by atoms with van der Waals surface area (Å²) in [6, 6.07) is 16.1. The molecule has 4 nitrogen and oxygen atoms in total. The van der Waals surface area contributed by atoms with Crippen LogP contribution < -0.4 is 4.90 Å². The maximum absolute atomic E-state index is 11.9. The van der Waals surface area contributed by atoms with Crippen LogP contribution in [0, 0.1) is 10.8 Å². The fourth-order valence-corrected chi connectivity index (χ4v) is 6.75. The molecule has 2 aliphatic rings. The van der Waals surface area contributed by atoms with Crippen LogP contribution in [-0.2, 0) is 12.0 Å². The number of anilines is 1. The summed E-state index contributed by atoms with van der Waals surface area (Å²) >= 11 is 0. The molecule has 0 spiro atoms. The highest BCUT2D eigenvalue weighted by atomic mass is 16.3. The van der Waals surface area contributed by atoms with E-state index in [0.717, 1.165) is 38.2 Å². The van der Waals surface area contributed by atoms with Crippen LogP contribution in [0.1, 0.15) is 45.7 Å². The molecule has 1 aliphatic heterocycles. The molecule has 1 aliphatic carbocycles. The molecule has 0 bridgehead atoms. The fourth-order valence-electron chi connectivity index (χ4n) is 6.75. The summed E-state index contributed by atoms with van der Waals surface area (Å²) in [5.74, 6) is 0.234. The summed E-state index contributed by atoms with van der Waals surface area (Å²) in [5, 5.41) is 21.6. The largest absolute Gasteiger partial charge is 0.508 e. The number of rotatable bonds is 4. The molecule has 0 atom stereocenters. The lowest BCUT2D eigenvalue weighted by atomic mass is 9.39. The summed E-state index contributed by atoms with van der Waals surface area (Å²) in [6.07, 6.45) is 1.05. The molecule has 0 radical (unpaired) electrons. The Bertz CT molecular complexity index is 880. The van der Waals surface area contributed by atoms with Crippen LogP contribution in [0.5, 0.6) is 5.75 Å². The van der Waals surface area contributed by atoms with Crippen molar-refractivity contribution >= 4 is 5.69 Å². The number of hydrogen-bond donors (Lipinski definition) is 2. The minimum absolute atomic E-state index is 0.234. The lowest BCUT2D eigenvalue weighted by molar-refractivity contribution is -0.307. The van der Waals surface area contributed by atoms with E-state index >= 15 is 0 Å². The molecular weight excluding hydrogens is 372 g/mol. The molecule has 1 heterocycles. The molecule has 0 amide bonds. The molecule has 2 aromatic rings. The Kier molecular flexibility index (Phi) is 5.14. The fraction of sp³-hybridized carbons (Fsp3) is 0.538. The highest BCUT2D eigenvalue weighted by molar-refractivity contribution is 5.54. The van der Waals surface area contributed by atoms with E-state index in [-0.39, 0.29) is 22.6 Å². The Labute approximate surface area is 181 Å². The number of phenolic OH excluding ortho intramolecular Hbond substituents is 1. The molecule has 0 unspecified atom stereocenters. The second-order valence-corrected chi connectivity index (χ2v) is 10.1. The number of para-hydroxylation sites is 1. The third-order valence-electron chi connectivity index (χ3n) is 7.91. The van der Waals surface area contributed by atoms with E-state index in [4.69, 9.17) is 0 Å². The monoisotopic (exact) mass is 408 g/mol. The van der Waals surface area contributed by atoms with Crippen LogP contribution in [0.3, 0.4) is 0 Å². The first kappa shape index (κ1) is 21.2. The van der Waals surface area contributed by atoms with Gasteiger partial charge in [0.2, 0.25) is 0 Å². The van der Waals surface area contributed by atoms with E-state index in [1.54, 1.807) is 12.1 Å². The van der Waals surface area contributed by atoms with Crippen LogP contribution in [0.2, 0.25) is 0 Å². The van der Waals surface area contributed by atoms with E-state index in [1.165, 1.54) is 11.3 Å². The van der Waals surface area contributed by atoms with Gasteiger partial charge in [-0.3, -0.25) is 4.90 Å². The second kappa shape index (κ2) is 7.28. The SMILES string of the molecule is CCc1ccccc1N1CCN(C2C(C)(C)C(O)(c3ccc(O)cc3)C2(C)C)CC1. The maximum Gasteiger partial charge on any atom is 0.115 e. The molecule has 4 rings (SSSR count). The van der Waals surface area contributed by atoms with Gasteiger partial charge in [0.1, 0.15) is 11.4 Å². The third-order valence-corrected chi connectivity index (χ3v) is 7.91. The zero-order chi connectivity index (χ0) is 21.7. The number of benzene rings is 2. The van der Waals surface area contributed by atoms with Crippen molar-refractivity contribution in [1.82, 2.24) is 4.90 Å². The number of hydrogen-bond acceptors (Lipinski definition) is 4. The normalized spacial score (nSPS) is 28.2. The van der Waals surface area contributed by atoms with Crippen LogP contribution >= 0.6 is 0 Å². The Balaban J connectivity index is 1.54. The molecule has 2 fully saturated rings. The van der Waals surface area contributed by atoms with Crippen LogP contribution in [0.15, 0.2) is 48.5 Å². The third kappa shape index (κ3) is 2.88. The average molecular weight is 409 g/mol. The zero-order valence-electron chi connectivity index (χ0n) is 19.0. The zero-order valence-corrected chi connectivity index (χ0v) is 19.0. The van der Waals surface area contributed by atoms with Crippen molar-refractivity contribution in [2.75, 3.05) is 31.1 Å². The number of aromatic hydroxyl groups is 1. The molecular formula is C26H36N2O2. The first-order valence-corrected chi connectivity index (χ1v) is 11.2. The average Bonchev–Trinajstić information content (AvgIpc) is 2.73. The summed E-state index contributed by atoms with van der Waals surface area (Å²) in [7, 11) is 0. The molecule has 1 saturated heterocycles. The van der Waals surface area contributed by atoms with Crippen molar-refractivity contribution in [3.05, 3.63) is 59.7 Å². The van der Waals surface area contributed by atoms with E-state index in [0.29, 0.717) is 0 Å². The van der Waals surface area contributed by atoms with Crippen molar-refractivity contribution in [1.29, 1.82) is 0 Å². The molecule has 2 N–H and O–H groups in total. The summed E-state index contributed by atoms with van der Waals surface area (Å²) in [5.41, 5.74) is 2.14. The predicted molar refractivity (Wildman–Crippen MR) is 123 cm³/mol. The predicted octanol–water partition coefficient (Wildman–Crippen LogP) is 4.40. The van der Waals surface area contributed by atoms with Gasteiger partial charge in [-0.05, 0) is 35.7 Å². The van der Waals surface area contributed by atoms with Crippen molar-refractivity contribution in [2.24, 2.45) is 10.8 Å². The van der Waals surface area contributed by atoms with Crippen LogP contribution in [-0.4, -0.2) is 47.3 Å². The maximum atomic E-state index is 11.9. The highest BCUT2D eigenvalue weighted by Gasteiger charge is 2.73. The lowest BCUT2D eigenvalue weighted by Gasteiger charge is -2.72. The number of phenols is 1. The molecule has 30 heavy (non-hydrogen) atoms. The second-order valence-electron chi connectivity index (χ2n) is 10.1. The molecule has 4 heteroatoms. The van der Waals surface area contributed by atoms with Gasteiger partial charge in [-0.15, -0.1) is 0 Å². The summed E-state index contributed by atoms with van der Waals surface area (Å²) in [6.45, 7) is 15.0. The number of aliphatic hydroxyl groups is 1.